The van der Waals surface area contributed by atoms with Crippen molar-refractivity contribution in [1.29, 1.82) is 0 Å². The number of benzene rings is 1. The first-order chi connectivity index (χ1) is 17.5. The molecular weight excluding hydrogens is 460 g/mol. The first-order valence-electron chi connectivity index (χ1n) is 11.9. The highest BCUT2D eigenvalue weighted by Crippen LogP contribution is 2.24. The molecule has 2 aromatic heterocycles. The van der Waals surface area contributed by atoms with Gasteiger partial charge in [-0.05, 0) is 43.7 Å². The summed E-state index contributed by atoms with van der Waals surface area (Å²) in [5, 5.41) is 10.3. The van der Waals surface area contributed by atoms with Crippen molar-refractivity contribution in [3.05, 3.63) is 53.1 Å². The zero-order valence-corrected chi connectivity index (χ0v) is 20.9. The number of methoxy groups -OCH3 is 2. The second-order valence-electron chi connectivity index (χ2n) is 8.52. The van der Waals surface area contributed by atoms with Gasteiger partial charge in [-0.15, -0.1) is 0 Å². The molecule has 4 rings (SSSR count). The van der Waals surface area contributed by atoms with Gasteiger partial charge in [-0.1, -0.05) is 6.08 Å². The van der Waals surface area contributed by atoms with Crippen LogP contribution in [0.15, 0.2) is 30.3 Å². The number of ketones is 1. The molecule has 0 bridgehead atoms. The van der Waals surface area contributed by atoms with Crippen LogP contribution in [0.4, 0.5) is 11.6 Å². The fourth-order valence-electron chi connectivity index (χ4n) is 3.87. The largest absolute Gasteiger partial charge is 0.497 e. The highest BCUT2D eigenvalue weighted by atomic mass is 16.5. The van der Waals surface area contributed by atoms with E-state index in [2.05, 4.69) is 30.4 Å². The second kappa shape index (κ2) is 12.3. The van der Waals surface area contributed by atoms with E-state index in [1.807, 2.05) is 31.2 Å². The summed E-state index contributed by atoms with van der Waals surface area (Å²) >= 11 is 0. The van der Waals surface area contributed by atoms with E-state index in [9.17, 15) is 4.79 Å². The van der Waals surface area contributed by atoms with Crippen molar-refractivity contribution < 1.29 is 19.0 Å². The van der Waals surface area contributed by atoms with Gasteiger partial charge in [0.25, 0.3) is 0 Å². The van der Waals surface area contributed by atoms with Crippen molar-refractivity contribution in [2.45, 2.75) is 19.8 Å². The quantitative estimate of drug-likeness (QED) is 0.386. The molecule has 0 unspecified atom stereocenters. The van der Waals surface area contributed by atoms with Crippen molar-refractivity contribution in [3.63, 3.8) is 0 Å². The Balaban J connectivity index is 1.53. The molecular formula is C26H32N6O4. The van der Waals surface area contributed by atoms with Gasteiger partial charge in [-0.3, -0.25) is 14.8 Å². The first-order valence-corrected chi connectivity index (χ1v) is 11.9. The van der Waals surface area contributed by atoms with E-state index >= 15 is 0 Å². The van der Waals surface area contributed by atoms with Crippen LogP contribution in [0.2, 0.25) is 0 Å². The van der Waals surface area contributed by atoms with Crippen LogP contribution >= 0.6 is 0 Å². The number of carbonyl (C=O) groups is 1. The second-order valence-corrected chi connectivity index (χ2v) is 8.52. The van der Waals surface area contributed by atoms with E-state index in [-0.39, 0.29) is 5.78 Å². The van der Waals surface area contributed by atoms with E-state index in [1.165, 1.54) is 0 Å². The summed E-state index contributed by atoms with van der Waals surface area (Å²) in [6.45, 7) is 6.08. The van der Waals surface area contributed by atoms with E-state index in [1.54, 1.807) is 32.4 Å². The van der Waals surface area contributed by atoms with Crippen molar-refractivity contribution >= 4 is 29.6 Å². The lowest BCUT2D eigenvalue weighted by molar-refractivity contribution is 0.0371. The van der Waals surface area contributed by atoms with Gasteiger partial charge in [0.1, 0.15) is 23.0 Å². The molecule has 0 spiro atoms. The minimum absolute atomic E-state index is 0.0235. The average molecular weight is 493 g/mol. The molecule has 0 atom stereocenters. The summed E-state index contributed by atoms with van der Waals surface area (Å²) in [7, 11) is 3.21. The topological polar surface area (TPSA) is 114 Å². The summed E-state index contributed by atoms with van der Waals surface area (Å²) in [5.41, 5.74) is 2.14. The smallest absolute Gasteiger partial charge is 0.181 e. The maximum absolute atomic E-state index is 13.0. The van der Waals surface area contributed by atoms with Crippen LogP contribution in [-0.4, -0.2) is 77.9 Å². The predicted molar refractivity (Wildman–Crippen MR) is 138 cm³/mol. The van der Waals surface area contributed by atoms with Crippen molar-refractivity contribution in [2.75, 3.05) is 52.4 Å². The van der Waals surface area contributed by atoms with Gasteiger partial charge in [-0.25, -0.2) is 9.97 Å². The number of anilines is 2. The number of Topliss-reactive ketones (excluding diaryl/α,β-unsaturated/α-hetero) is 1. The van der Waals surface area contributed by atoms with Gasteiger partial charge in [0.15, 0.2) is 17.4 Å². The lowest BCUT2D eigenvalue weighted by atomic mass is 10.1. The zero-order chi connectivity index (χ0) is 25.3. The molecule has 1 saturated heterocycles. The number of hydrogen-bond donors (Lipinski definition) is 2. The van der Waals surface area contributed by atoms with Gasteiger partial charge in [-0.2, -0.15) is 5.10 Å². The van der Waals surface area contributed by atoms with Crippen LogP contribution in [0.3, 0.4) is 0 Å². The fourth-order valence-corrected chi connectivity index (χ4v) is 3.87. The number of hydrogen-bond acceptors (Lipinski definition) is 9. The van der Waals surface area contributed by atoms with E-state index in [4.69, 9.17) is 14.2 Å². The third-order valence-electron chi connectivity index (χ3n) is 5.77. The van der Waals surface area contributed by atoms with Crippen molar-refractivity contribution in [3.8, 4) is 11.5 Å². The molecule has 1 aliphatic rings. The monoisotopic (exact) mass is 492 g/mol. The Morgan fingerprint density at radius 1 is 1.06 bits per heavy atom. The Hall–Kier alpha value is -3.76. The zero-order valence-electron chi connectivity index (χ0n) is 20.9. The number of morpholine rings is 1. The SMILES string of the molecule is COc1cc(/C=C/c2nc(Nc3cc(C)[nH]n3)cc(C(=O)CCCN3CCOCC3)n2)cc(OC)c1. The molecule has 190 valence electrons. The molecule has 3 aromatic rings. The van der Waals surface area contributed by atoms with Crippen LogP contribution in [-0.2, 0) is 4.74 Å². The Morgan fingerprint density at radius 3 is 2.47 bits per heavy atom. The number of nitrogens with zero attached hydrogens (tertiary/aromatic N) is 4. The average Bonchev–Trinajstić information content (AvgIpc) is 3.31. The van der Waals surface area contributed by atoms with Crippen LogP contribution in [0.5, 0.6) is 11.5 Å². The number of carbonyl (C=O) groups excluding carboxylic acids is 1. The standard InChI is InChI=1S/C26H32N6O4/c1-18-13-26(31-30-18)29-25-17-22(23(33)5-4-8-32-9-11-36-12-10-32)27-24(28-25)7-6-19-14-20(34-2)16-21(15-19)35-3/h6-7,13-17H,4-5,8-12H2,1-3H3,(H2,27,28,29,30,31)/b7-6+. The number of aromatic amines is 1. The van der Waals surface area contributed by atoms with Crippen LogP contribution in [0.1, 0.15) is 40.4 Å². The normalized spacial score (nSPS) is 14.2. The number of H-pyrrole nitrogens is 1. The van der Waals surface area contributed by atoms with Crippen molar-refractivity contribution in [2.24, 2.45) is 0 Å². The highest BCUT2D eigenvalue weighted by molar-refractivity contribution is 5.95. The van der Waals surface area contributed by atoms with E-state index in [0.717, 1.165) is 50.5 Å². The number of aryl methyl sites for hydroxylation is 1. The maximum atomic E-state index is 13.0. The molecule has 10 heteroatoms. The number of rotatable bonds is 11. The summed E-state index contributed by atoms with van der Waals surface area (Å²) in [4.78, 5) is 24.5. The predicted octanol–water partition coefficient (Wildman–Crippen LogP) is 3.73. The molecule has 0 radical (unpaired) electrons. The Bertz CT molecular complexity index is 1180. The third-order valence-corrected chi connectivity index (χ3v) is 5.77. The molecule has 0 saturated carbocycles. The van der Waals surface area contributed by atoms with Gasteiger partial charge in [0.05, 0.1) is 27.4 Å². The lowest BCUT2D eigenvalue weighted by Crippen LogP contribution is -2.36. The van der Waals surface area contributed by atoms with Gasteiger partial charge >= 0.3 is 0 Å². The fraction of sp³-hybridized carbons (Fsp3) is 0.385. The number of ether oxygens (including phenoxy) is 3. The molecule has 1 aliphatic heterocycles. The third kappa shape index (κ3) is 7.12. The van der Waals surface area contributed by atoms with Gasteiger partial charge in [0, 0.05) is 43.4 Å². The molecule has 0 amide bonds. The number of nitrogens with one attached hydrogen (secondary N) is 2. The molecule has 1 fully saturated rings. The lowest BCUT2D eigenvalue weighted by Gasteiger charge is -2.26. The van der Waals surface area contributed by atoms with Crippen LogP contribution in [0.25, 0.3) is 12.2 Å². The Morgan fingerprint density at radius 2 is 1.81 bits per heavy atom. The molecule has 2 N–H and O–H groups in total. The van der Waals surface area contributed by atoms with Crippen LogP contribution in [0, 0.1) is 6.92 Å². The molecule has 0 aliphatic carbocycles. The van der Waals surface area contributed by atoms with E-state index < -0.39 is 0 Å². The van der Waals surface area contributed by atoms with E-state index in [0.29, 0.717) is 41.1 Å². The summed E-state index contributed by atoms with van der Waals surface area (Å²) in [6.07, 6.45) is 4.79. The minimum atomic E-state index is -0.0235. The summed E-state index contributed by atoms with van der Waals surface area (Å²) in [6, 6.07) is 9.10. The summed E-state index contributed by atoms with van der Waals surface area (Å²) < 4.78 is 16.1. The molecule has 10 nitrogen and oxygen atoms in total. The summed E-state index contributed by atoms with van der Waals surface area (Å²) in [5.74, 6) is 2.85. The number of aromatic nitrogens is 4. The van der Waals surface area contributed by atoms with Gasteiger partial charge < -0.3 is 19.5 Å². The van der Waals surface area contributed by atoms with Crippen LogP contribution < -0.4 is 14.8 Å². The minimum Gasteiger partial charge on any atom is -0.497 e. The first kappa shape index (κ1) is 25.3. The maximum Gasteiger partial charge on any atom is 0.181 e. The Kier molecular flexibility index (Phi) is 8.64. The van der Waals surface area contributed by atoms with Gasteiger partial charge in [0.2, 0.25) is 0 Å². The molecule has 36 heavy (non-hydrogen) atoms. The highest BCUT2D eigenvalue weighted by Gasteiger charge is 2.15. The Labute approximate surface area is 210 Å². The molecule has 3 heterocycles. The van der Waals surface area contributed by atoms with Crippen molar-refractivity contribution in [1.82, 2.24) is 25.1 Å². The molecule has 1 aromatic carbocycles.